The van der Waals surface area contributed by atoms with E-state index in [-0.39, 0.29) is 22.8 Å². The van der Waals surface area contributed by atoms with Gasteiger partial charge < -0.3 is 15.5 Å². The molecule has 0 spiro atoms. The molecule has 0 bridgehead atoms. The van der Waals surface area contributed by atoms with E-state index in [9.17, 15) is 14.7 Å². The summed E-state index contributed by atoms with van der Waals surface area (Å²) in [5, 5.41) is 21.4. The number of hydrogen-bond donors (Lipinski definition) is 3. The van der Waals surface area contributed by atoms with Crippen molar-refractivity contribution in [3.8, 4) is 0 Å². The predicted octanol–water partition coefficient (Wildman–Crippen LogP) is 1.73. The largest absolute Gasteiger partial charge is 0.477 e. The number of thiophene rings is 1. The van der Waals surface area contributed by atoms with Crippen molar-refractivity contribution in [1.82, 2.24) is 5.32 Å². The first kappa shape index (κ1) is 14.0. The fourth-order valence-corrected chi connectivity index (χ4v) is 3.07. The van der Waals surface area contributed by atoms with Gasteiger partial charge >= 0.3 is 5.97 Å². The van der Waals surface area contributed by atoms with E-state index in [1.165, 1.54) is 12.1 Å². The molecule has 3 N–H and O–H groups in total. The van der Waals surface area contributed by atoms with Crippen molar-refractivity contribution in [1.29, 1.82) is 0 Å². The van der Waals surface area contributed by atoms with Crippen LogP contribution in [-0.4, -0.2) is 34.7 Å². The Morgan fingerprint density at radius 1 is 1.26 bits per heavy atom. The maximum atomic E-state index is 11.9. The number of carboxylic acids is 1. The molecule has 19 heavy (non-hydrogen) atoms. The van der Waals surface area contributed by atoms with E-state index in [2.05, 4.69) is 5.32 Å². The van der Waals surface area contributed by atoms with Gasteiger partial charge in [0.15, 0.2) is 0 Å². The topological polar surface area (TPSA) is 86.6 Å². The molecule has 0 aliphatic heterocycles. The molecule has 6 heteroatoms. The Labute approximate surface area is 115 Å². The lowest BCUT2D eigenvalue weighted by molar-refractivity contribution is 0.0662. The van der Waals surface area contributed by atoms with Gasteiger partial charge in [0.25, 0.3) is 5.91 Å². The molecule has 1 fully saturated rings. The molecule has 104 valence electrons. The molecule has 1 heterocycles. The van der Waals surface area contributed by atoms with Gasteiger partial charge in [-0.2, -0.15) is 0 Å². The summed E-state index contributed by atoms with van der Waals surface area (Å²) in [5.74, 6) is -1.18. The molecule has 0 radical (unpaired) electrons. The molecule has 0 aromatic carbocycles. The number of aliphatic hydroxyl groups is 1. The highest BCUT2D eigenvalue weighted by molar-refractivity contribution is 7.15. The van der Waals surface area contributed by atoms with Gasteiger partial charge in [0.1, 0.15) is 4.88 Å². The number of carbonyl (C=O) groups excluding carboxylic acids is 1. The Balaban J connectivity index is 1.88. The summed E-state index contributed by atoms with van der Waals surface area (Å²) >= 11 is 0.962. The first-order chi connectivity index (χ1) is 9.08. The van der Waals surface area contributed by atoms with E-state index in [1.54, 1.807) is 0 Å². The van der Waals surface area contributed by atoms with Crippen molar-refractivity contribution in [3.05, 3.63) is 21.9 Å². The Bertz CT molecular complexity index is 471. The standard InChI is InChI=1S/C13H17NO4S/c15-9-4-2-1-3-8(9)7-14-12(16)10-5-6-11(19-10)13(17)18/h5-6,8-9,15H,1-4,7H2,(H,14,16)(H,17,18). The van der Waals surface area contributed by atoms with E-state index in [0.717, 1.165) is 37.0 Å². The van der Waals surface area contributed by atoms with Crippen molar-refractivity contribution >= 4 is 23.2 Å². The summed E-state index contributed by atoms with van der Waals surface area (Å²) in [4.78, 5) is 23.1. The monoisotopic (exact) mass is 283 g/mol. The van der Waals surface area contributed by atoms with E-state index in [4.69, 9.17) is 5.11 Å². The number of aliphatic hydroxyl groups excluding tert-OH is 1. The zero-order valence-electron chi connectivity index (χ0n) is 10.5. The second-order valence-corrected chi connectivity index (χ2v) is 5.87. The van der Waals surface area contributed by atoms with Crippen molar-refractivity contribution in [2.45, 2.75) is 31.8 Å². The van der Waals surface area contributed by atoms with Crippen LogP contribution < -0.4 is 5.32 Å². The molecule has 1 amide bonds. The van der Waals surface area contributed by atoms with Crippen LogP contribution in [0.1, 0.15) is 45.0 Å². The Morgan fingerprint density at radius 2 is 1.95 bits per heavy atom. The average Bonchev–Trinajstić information content (AvgIpc) is 2.87. The van der Waals surface area contributed by atoms with Crippen molar-refractivity contribution in [3.63, 3.8) is 0 Å². The van der Waals surface area contributed by atoms with Crippen molar-refractivity contribution in [2.24, 2.45) is 5.92 Å². The molecule has 2 rings (SSSR count). The highest BCUT2D eigenvalue weighted by atomic mass is 32.1. The highest BCUT2D eigenvalue weighted by Gasteiger charge is 2.23. The maximum absolute atomic E-state index is 11.9. The Kier molecular flexibility index (Phi) is 4.55. The van der Waals surface area contributed by atoms with Crippen LogP contribution in [0.5, 0.6) is 0 Å². The van der Waals surface area contributed by atoms with Gasteiger partial charge in [-0.25, -0.2) is 4.79 Å². The summed E-state index contributed by atoms with van der Waals surface area (Å²) in [6.07, 6.45) is 3.50. The zero-order chi connectivity index (χ0) is 13.8. The molecule has 1 aromatic heterocycles. The molecular weight excluding hydrogens is 266 g/mol. The van der Waals surface area contributed by atoms with E-state index in [1.807, 2.05) is 0 Å². The van der Waals surface area contributed by atoms with Crippen LogP contribution in [0, 0.1) is 5.92 Å². The minimum atomic E-state index is -1.02. The minimum Gasteiger partial charge on any atom is -0.477 e. The number of nitrogens with one attached hydrogen (secondary N) is 1. The number of aromatic carboxylic acids is 1. The van der Waals surface area contributed by atoms with Gasteiger partial charge in [-0.1, -0.05) is 12.8 Å². The van der Waals surface area contributed by atoms with Gasteiger partial charge in [-0.15, -0.1) is 11.3 Å². The van der Waals surface area contributed by atoms with Crippen LogP contribution in [0.25, 0.3) is 0 Å². The molecule has 1 aromatic rings. The smallest absolute Gasteiger partial charge is 0.345 e. The van der Waals surface area contributed by atoms with Gasteiger partial charge in [-0.05, 0) is 25.0 Å². The van der Waals surface area contributed by atoms with Crippen molar-refractivity contribution < 1.29 is 19.8 Å². The number of carboxylic acid groups (broad SMARTS) is 1. The Hall–Kier alpha value is -1.40. The molecule has 5 nitrogen and oxygen atoms in total. The number of carbonyl (C=O) groups is 2. The lowest BCUT2D eigenvalue weighted by Gasteiger charge is -2.27. The number of rotatable bonds is 4. The van der Waals surface area contributed by atoms with Crippen molar-refractivity contribution in [2.75, 3.05) is 6.54 Å². The third kappa shape index (κ3) is 3.54. The zero-order valence-corrected chi connectivity index (χ0v) is 11.3. The predicted molar refractivity (Wildman–Crippen MR) is 71.6 cm³/mol. The van der Waals surface area contributed by atoms with E-state index < -0.39 is 5.97 Å². The molecule has 0 saturated heterocycles. The van der Waals surface area contributed by atoms with Crippen LogP contribution in [0.15, 0.2) is 12.1 Å². The van der Waals surface area contributed by atoms with Crippen LogP contribution in [0.3, 0.4) is 0 Å². The summed E-state index contributed by atoms with van der Waals surface area (Å²) in [6, 6.07) is 2.94. The van der Waals surface area contributed by atoms with Crippen LogP contribution >= 0.6 is 11.3 Å². The average molecular weight is 283 g/mol. The fourth-order valence-electron chi connectivity index (χ4n) is 2.31. The summed E-state index contributed by atoms with van der Waals surface area (Å²) in [7, 11) is 0. The van der Waals surface area contributed by atoms with Gasteiger partial charge in [0.05, 0.1) is 11.0 Å². The third-order valence-corrected chi connectivity index (χ3v) is 4.51. The minimum absolute atomic E-state index is 0.108. The van der Waals surface area contributed by atoms with Gasteiger partial charge in [-0.3, -0.25) is 4.79 Å². The van der Waals surface area contributed by atoms with E-state index >= 15 is 0 Å². The second kappa shape index (κ2) is 6.16. The molecule has 1 saturated carbocycles. The summed E-state index contributed by atoms with van der Waals surface area (Å²) < 4.78 is 0. The van der Waals surface area contributed by atoms with Crippen LogP contribution in [0.2, 0.25) is 0 Å². The Morgan fingerprint density at radius 3 is 2.58 bits per heavy atom. The fraction of sp³-hybridized carbons (Fsp3) is 0.538. The first-order valence-corrected chi connectivity index (χ1v) is 7.19. The number of hydrogen-bond acceptors (Lipinski definition) is 4. The maximum Gasteiger partial charge on any atom is 0.345 e. The molecule has 1 aliphatic rings. The van der Waals surface area contributed by atoms with Gasteiger partial charge in [0.2, 0.25) is 0 Å². The SMILES string of the molecule is O=C(O)c1ccc(C(=O)NCC2CCCCC2O)s1. The van der Waals surface area contributed by atoms with Gasteiger partial charge in [0, 0.05) is 12.5 Å². The summed E-state index contributed by atoms with van der Waals surface area (Å²) in [5.41, 5.74) is 0. The summed E-state index contributed by atoms with van der Waals surface area (Å²) in [6.45, 7) is 0.445. The third-order valence-electron chi connectivity index (χ3n) is 3.43. The molecular formula is C13H17NO4S. The molecule has 2 atom stereocenters. The normalized spacial score (nSPS) is 23.0. The van der Waals surface area contributed by atoms with E-state index in [0.29, 0.717) is 11.4 Å². The molecule has 1 aliphatic carbocycles. The molecule has 2 unspecified atom stereocenters. The first-order valence-electron chi connectivity index (χ1n) is 6.37. The van der Waals surface area contributed by atoms with Crippen LogP contribution in [-0.2, 0) is 0 Å². The quantitative estimate of drug-likeness (QED) is 0.785. The number of amides is 1. The lowest BCUT2D eigenvalue weighted by atomic mass is 9.86. The highest BCUT2D eigenvalue weighted by Crippen LogP contribution is 2.24. The second-order valence-electron chi connectivity index (χ2n) is 4.79. The van der Waals surface area contributed by atoms with Crippen LogP contribution in [0.4, 0.5) is 0 Å². The lowest BCUT2D eigenvalue weighted by Crippen LogP contribution is -2.36.